The lowest BCUT2D eigenvalue weighted by Gasteiger charge is -2.09. The summed E-state index contributed by atoms with van der Waals surface area (Å²) in [5, 5.41) is 8.78. The molecule has 4 aromatic rings. The van der Waals surface area contributed by atoms with Gasteiger partial charge >= 0.3 is 6.18 Å². The van der Waals surface area contributed by atoms with Crippen molar-refractivity contribution in [2.24, 2.45) is 5.14 Å². The fraction of sp³-hybridized carbons (Fsp3) is 0.0500. The van der Waals surface area contributed by atoms with E-state index in [1.165, 1.54) is 35.6 Å². The number of thiophene rings is 1. The zero-order valence-corrected chi connectivity index (χ0v) is 17.9. The van der Waals surface area contributed by atoms with Crippen molar-refractivity contribution in [3.8, 4) is 27.4 Å². The van der Waals surface area contributed by atoms with Gasteiger partial charge in [-0.25, -0.2) is 18.2 Å². The Balaban J connectivity index is 1.79. The van der Waals surface area contributed by atoms with Gasteiger partial charge in [-0.05, 0) is 48.0 Å². The number of benzene rings is 2. The van der Waals surface area contributed by atoms with Crippen molar-refractivity contribution in [1.82, 2.24) is 9.78 Å². The van der Waals surface area contributed by atoms with E-state index in [2.05, 4.69) is 5.10 Å². The van der Waals surface area contributed by atoms with Crippen molar-refractivity contribution in [1.29, 1.82) is 0 Å². The maximum atomic E-state index is 13.3. The molecule has 0 aliphatic rings. The predicted molar refractivity (Wildman–Crippen MR) is 114 cm³/mol. The summed E-state index contributed by atoms with van der Waals surface area (Å²) in [7, 11) is -3.93. The maximum Gasteiger partial charge on any atom is 0.435 e. The van der Waals surface area contributed by atoms with Gasteiger partial charge in [0.05, 0.1) is 20.6 Å². The normalized spacial score (nSPS) is 12.3. The molecule has 0 bridgehead atoms. The Kier molecular flexibility index (Phi) is 5.42. The molecule has 0 unspecified atom stereocenters. The second-order valence-corrected chi connectivity index (χ2v) is 9.82. The van der Waals surface area contributed by atoms with Crippen molar-refractivity contribution in [2.75, 3.05) is 0 Å². The number of hydrogen-bond donors (Lipinski definition) is 1. The van der Waals surface area contributed by atoms with Gasteiger partial charge in [0.2, 0.25) is 10.0 Å². The first-order chi connectivity index (χ1) is 14.5. The van der Waals surface area contributed by atoms with E-state index in [4.69, 9.17) is 16.7 Å². The SMILES string of the molecule is NS(=O)(=O)c1ccc(-n2nc(C(F)(F)F)cc2-c2ccc(-c3ccc(Cl)s3)cc2)cc1. The van der Waals surface area contributed by atoms with E-state index >= 15 is 0 Å². The number of nitrogens with two attached hydrogens (primary N) is 1. The minimum absolute atomic E-state index is 0.153. The molecule has 2 N–H and O–H groups in total. The highest BCUT2D eigenvalue weighted by Gasteiger charge is 2.35. The molecule has 2 aromatic carbocycles. The van der Waals surface area contributed by atoms with Gasteiger partial charge in [0, 0.05) is 10.4 Å². The third-order valence-corrected chi connectivity index (χ3v) is 6.66. The maximum absolute atomic E-state index is 13.3. The Morgan fingerprint density at radius 3 is 2.06 bits per heavy atom. The summed E-state index contributed by atoms with van der Waals surface area (Å²) in [4.78, 5) is 0.777. The van der Waals surface area contributed by atoms with Crippen molar-refractivity contribution in [2.45, 2.75) is 11.1 Å². The number of halogens is 4. The van der Waals surface area contributed by atoms with Crippen LogP contribution in [0.15, 0.2) is 71.6 Å². The highest BCUT2D eigenvalue weighted by Crippen LogP contribution is 2.35. The van der Waals surface area contributed by atoms with E-state index in [0.29, 0.717) is 9.90 Å². The molecule has 0 atom stereocenters. The lowest BCUT2D eigenvalue weighted by Crippen LogP contribution is -2.12. The molecule has 0 fully saturated rings. The third kappa shape index (κ3) is 4.52. The topological polar surface area (TPSA) is 78.0 Å². The van der Waals surface area contributed by atoms with Gasteiger partial charge in [0.15, 0.2) is 5.69 Å². The second kappa shape index (κ2) is 7.79. The first kappa shape index (κ1) is 21.6. The Hall–Kier alpha value is -2.66. The molecule has 0 radical (unpaired) electrons. The quantitative estimate of drug-likeness (QED) is 0.411. The molecule has 5 nitrogen and oxygen atoms in total. The fourth-order valence-electron chi connectivity index (χ4n) is 2.97. The number of nitrogens with zero attached hydrogens (tertiary/aromatic N) is 2. The van der Waals surface area contributed by atoms with E-state index in [9.17, 15) is 21.6 Å². The van der Waals surface area contributed by atoms with Crippen molar-refractivity contribution < 1.29 is 21.6 Å². The number of alkyl halides is 3. The summed E-state index contributed by atoms with van der Waals surface area (Å²) in [6, 6.07) is 16.6. The Labute approximate surface area is 184 Å². The molecule has 0 aliphatic heterocycles. The predicted octanol–water partition coefficient (Wildman–Crippen LogP) is 5.59. The van der Waals surface area contributed by atoms with Crippen LogP contribution in [0.3, 0.4) is 0 Å². The number of primary sulfonamides is 1. The average Bonchev–Trinajstić information content (AvgIpc) is 3.34. The van der Waals surface area contributed by atoms with Crippen LogP contribution in [-0.2, 0) is 16.2 Å². The van der Waals surface area contributed by atoms with Crippen LogP contribution in [0.1, 0.15) is 5.69 Å². The summed E-state index contributed by atoms with van der Waals surface area (Å²) in [5.41, 5.74) is 0.774. The van der Waals surface area contributed by atoms with Gasteiger partial charge in [0.25, 0.3) is 0 Å². The van der Waals surface area contributed by atoms with E-state index in [0.717, 1.165) is 21.2 Å². The number of rotatable bonds is 4. The van der Waals surface area contributed by atoms with Crippen LogP contribution in [0.5, 0.6) is 0 Å². The minimum atomic E-state index is -4.64. The van der Waals surface area contributed by atoms with Gasteiger partial charge in [-0.1, -0.05) is 35.9 Å². The monoisotopic (exact) mass is 483 g/mol. The summed E-state index contributed by atoms with van der Waals surface area (Å²) in [6.45, 7) is 0. The smallest absolute Gasteiger partial charge is 0.233 e. The van der Waals surface area contributed by atoms with Crippen molar-refractivity contribution in [3.63, 3.8) is 0 Å². The molecule has 0 amide bonds. The van der Waals surface area contributed by atoms with Crippen LogP contribution in [-0.4, -0.2) is 18.2 Å². The molecule has 0 saturated carbocycles. The van der Waals surface area contributed by atoms with Crippen LogP contribution in [0.4, 0.5) is 13.2 Å². The number of sulfonamides is 1. The van der Waals surface area contributed by atoms with Crippen LogP contribution in [0, 0.1) is 0 Å². The van der Waals surface area contributed by atoms with Gasteiger partial charge in [0.1, 0.15) is 0 Å². The molecule has 4 rings (SSSR count). The summed E-state index contributed by atoms with van der Waals surface area (Å²) >= 11 is 7.36. The largest absolute Gasteiger partial charge is 0.435 e. The molecule has 160 valence electrons. The molecular weight excluding hydrogens is 471 g/mol. The summed E-state index contributed by atoms with van der Waals surface area (Å²) in [5.74, 6) is 0. The van der Waals surface area contributed by atoms with Gasteiger partial charge in [-0.3, -0.25) is 0 Å². The average molecular weight is 484 g/mol. The molecule has 2 aromatic heterocycles. The first-order valence-corrected chi connectivity index (χ1v) is 11.4. The molecule has 0 aliphatic carbocycles. The zero-order chi connectivity index (χ0) is 22.4. The van der Waals surface area contributed by atoms with Gasteiger partial charge in [-0.2, -0.15) is 18.3 Å². The minimum Gasteiger partial charge on any atom is -0.233 e. The van der Waals surface area contributed by atoms with E-state index in [1.54, 1.807) is 30.3 Å². The number of aromatic nitrogens is 2. The first-order valence-electron chi connectivity index (χ1n) is 8.69. The molecule has 0 saturated heterocycles. The van der Waals surface area contributed by atoms with Crippen LogP contribution in [0.25, 0.3) is 27.4 Å². The standard InChI is InChI=1S/C20H13ClF3N3O2S2/c21-19-10-9-17(30-19)13-3-1-12(2-4-13)16-11-18(20(22,23)24)26-27(16)14-5-7-15(8-6-14)31(25,28)29/h1-11H,(H2,25,28,29). The van der Waals surface area contributed by atoms with Crippen LogP contribution < -0.4 is 5.14 Å². The Morgan fingerprint density at radius 2 is 1.55 bits per heavy atom. The van der Waals surface area contributed by atoms with E-state index in [-0.39, 0.29) is 16.3 Å². The molecule has 11 heteroatoms. The number of hydrogen-bond acceptors (Lipinski definition) is 4. The lowest BCUT2D eigenvalue weighted by atomic mass is 10.1. The Morgan fingerprint density at radius 1 is 0.935 bits per heavy atom. The van der Waals surface area contributed by atoms with Crippen LogP contribution in [0.2, 0.25) is 4.34 Å². The van der Waals surface area contributed by atoms with E-state index < -0.39 is 21.9 Å². The van der Waals surface area contributed by atoms with Crippen molar-refractivity contribution in [3.05, 3.63) is 76.8 Å². The second-order valence-electron chi connectivity index (χ2n) is 6.54. The van der Waals surface area contributed by atoms with Crippen molar-refractivity contribution >= 4 is 33.0 Å². The van der Waals surface area contributed by atoms with Crippen LogP contribution >= 0.6 is 22.9 Å². The summed E-state index contributed by atoms with van der Waals surface area (Å²) in [6.07, 6.45) is -4.64. The molecule has 2 heterocycles. The highest BCUT2D eigenvalue weighted by atomic mass is 35.5. The molecular formula is C20H13ClF3N3O2S2. The summed E-state index contributed by atoms with van der Waals surface area (Å²) < 4.78 is 64.7. The fourth-order valence-corrected chi connectivity index (χ4v) is 4.54. The zero-order valence-electron chi connectivity index (χ0n) is 15.5. The highest BCUT2D eigenvalue weighted by molar-refractivity contribution is 7.89. The van der Waals surface area contributed by atoms with Gasteiger partial charge < -0.3 is 0 Å². The molecule has 31 heavy (non-hydrogen) atoms. The van der Waals surface area contributed by atoms with E-state index in [1.807, 2.05) is 6.07 Å². The van der Waals surface area contributed by atoms with Gasteiger partial charge in [-0.15, -0.1) is 11.3 Å². The molecule has 0 spiro atoms. The third-order valence-electron chi connectivity index (χ3n) is 4.45. The Bertz CT molecular complexity index is 1340. The lowest BCUT2D eigenvalue weighted by molar-refractivity contribution is -0.141.